The van der Waals surface area contributed by atoms with Crippen LogP contribution in [0.1, 0.15) is 30.6 Å². The largest absolute Gasteiger partial charge is 0.497 e. The maximum Gasteiger partial charge on any atom is 0.191 e. The predicted octanol–water partition coefficient (Wildman–Crippen LogP) is 2.88. The molecule has 7 nitrogen and oxygen atoms in total. The van der Waals surface area contributed by atoms with Gasteiger partial charge in [-0.25, -0.2) is 0 Å². The van der Waals surface area contributed by atoms with Crippen LogP contribution in [0.25, 0.3) is 0 Å². The summed E-state index contributed by atoms with van der Waals surface area (Å²) in [6, 6.07) is 14.1. The van der Waals surface area contributed by atoms with Crippen molar-refractivity contribution >= 4 is 11.6 Å². The van der Waals surface area contributed by atoms with Gasteiger partial charge in [-0.15, -0.1) is 0 Å². The fourth-order valence-electron chi connectivity index (χ4n) is 3.67. The number of ether oxygens (including phenoxy) is 2. The van der Waals surface area contributed by atoms with E-state index < -0.39 is 6.10 Å². The molecule has 3 rings (SSSR count). The lowest BCUT2D eigenvalue weighted by atomic mass is 10.1. The number of aryl methyl sites for hydroxylation is 1. The zero-order chi connectivity index (χ0) is 22.2. The number of aliphatic imine (C=N–C) groups is 1. The monoisotopic (exact) mass is 426 g/mol. The Morgan fingerprint density at radius 1 is 1.16 bits per heavy atom. The molecule has 7 heteroatoms. The van der Waals surface area contributed by atoms with Crippen LogP contribution in [0.3, 0.4) is 0 Å². The van der Waals surface area contributed by atoms with E-state index in [2.05, 4.69) is 20.5 Å². The number of rotatable bonds is 8. The van der Waals surface area contributed by atoms with Crippen molar-refractivity contribution in [2.24, 2.45) is 4.99 Å². The number of hydrogen-bond acceptors (Lipinski definition) is 5. The van der Waals surface area contributed by atoms with Gasteiger partial charge in [-0.1, -0.05) is 29.8 Å². The van der Waals surface area contributed by atoms with Gasteiger partial charge in [0.1, 0.15) is 11.5 Å². The predicted molar refractivity (Wildman–Crippen MR) is 125 cm³/mol. The molecule has 1 heterocycles. The molecule has 3 N–H and O–H groups in total. The lowest BCUT2D eigenvalue weighted by Crippen LogP contribution is -2.44. The molecule has 0 spiro atoms. The Bertz CT molecular complexity index is 847. The van der Waals surface area contributed by atoms with Gasteiger partial charge in [0, 0.05) is 49.6 Å². The first-order valence-electron chi connectivity index (χ1n) is 10.8. The molecular formula is C24H34N4O3. The molecule has 0 bridgehead atoms. The third-order valence-electron chi connectivity index (χ3n) is 5.46. The van der Waals surface area contributed by atoms with Crippen LogP contribution in [-0.2, 0) is 0 Å². The first-order chi connectivity index (χ1) is 15.0. The topological polar surface area (TPSA) is 78.4 Å². The number of hydrogen-bond donors (Lipinski definition) is 3. The Kier molecular flexibility index (Phi) is 8.00. The van der Waals surface area contributed by atoms with E-state index in [4.69, 9.17) is 9.47 Å². The Morgan fingerprint density at radius 3 is 2.45 bits per heavy atom. The second-order valence-corrected chi connectivity index (χ2v) is 7.79. The number of nitrogens with zero attached hydrogens (tertiary/aromatic N) is 2. The van der Waals surface area contributed by atoms with E-state index in [1.807, 2.05) is 56.3 Å². The van der Waals surface area contributed by atoms with Crippen molar-refractivity contribution in [2.45, 2.75) is 32.4 Å². The lowest BCUT2D eigenvalue weighted by molar-refractivity contribution is 0.187. The maximum atomic E-state index is 10.5. The Hall–Kier alpha value is -2.93. The van der Waals surface area contributed by atoms with Crippen molar-refractivity contribution in [3.63, 3.8) is 0 Å². The second-order valence-electron chi connectivity index (χ2n) is 7.79. The highest BCUT2D eigenvalue weighted by Crippen LogP contribution is 2.30. The van der Waals surface area contributed by atoms with Gasteiger partial charge < -0.3 is 30.1 Å². The van der Waals surface area contributed by atoms with Gasteiger partial charge in [-0.3, -0.25) is 4.99 Å². The second kappa shape index (κ2) is 10.9. The average Bonchev–Trinajstić information content (AvgIpc) is 3.26. The summed E-state index contributed by atoms with van der Waals surface area (Å²) in [6.45, 7) is 6.92. The summed E-state index contributed by atoms with van der Waals surface area (Å²) in [7, 11) is 3.33. The van der Waals surface area contributed by atoms with Crippen LogP contribution in [-0.4, -0.2) is 57.5 Å². The van der Waals surface area contributed by atoms with Crippen molar-refractivity contribution in [3.05, 3.63) is 53.6 Å². The molecule has 1 aliphatic heterocycles. The van der Waals surface area contributed by atoms with Gasteiger partial charge >= 0.3 is 0 Å². The molecule has 2 aromatic rings. The number of nitrogens with one attached hydrogen (secondary N) is 2. The van der Waals surface area contributed by atoms with Gasteiger partial charge in [-0.05, 0) is 25.8 Å². The highest BCUT2D eigenvalue weighted by Gasteiger charge is 2.24. The zero-order valence-electron chi connectivity index (χ0n) is 18.9. The number of anilines is 1. The first kappa shape index (κ1) is 22.7. The van der Waals surface area contributed by atoms with Gasteiger partial charge in [0.25, 0.3) is 0 Å². The van der Waals surface area contributed by atoms with E-state index in [9.17, 15) is 5.11 Å². The van der Waals surface area contributed by atoms with E-state index in [-0.39, 0.29) is 6.04 Å². The number of guanidine groups is 1. The summed E-state index contributed by atoms with van der Waals surface area (Å²) >= 11 is 0. The van der Waals surface area contributed by atoms with E-state index in [1.54, 1.807) is 14.2 Å². The maximum absolute atomic E-state index is 10.5. The van der Waals surface area contributed by atoms with Crippen LogP contribution >= 0.6 is 0 Å². The molecule has 1 saturated heterocycles. The average molecular weight is 427 g/mol. The fourth-order valence-corrected chi connectivity index (χ4v) is 3.67. The molecule has 1 fully saturated rings. The summed E-state index contributed by atoms with van der Waals surface area (Å²) in [5.74, 6) is 2.29. The van der Waals surface area contributed by atoms with Crippen molar-refractivity contribution in [3.8, 4) is 11.5 Å². The number of methoxy groups -OCH3 is 2. The van der Waals surface area contributed by atoms with Gasteiger partial charge in [0.15, 0.2) is 5.96 Å². The van der Waals surface area contributed by atoms with Gasteiger partial charge in [0.05, 0.1) is 26.9 Å². The molecule has 2 aromatic carbocycles. The zero-order valence-corrected chi connectivity index (χ0v) is 18.9. The molecule has 168 valence electrons. The fraction of sp³-hybridized carbons (Fsp3) is 0.458. The van der Waals surface area contributed by atoms with Gasteiger partial charge in [0.2, 0.25) is 0 Å². The van der Waals surface area contributed by atoms with Crippen molar-refractivity contribution in [1.82, 2.24) is 10.6 Å². The minimum Gasteiger partial charge on any atom is -0.497 e. The highest BCUT2D eigenvalue weighted by molar-refractivity contribution is 5.80. The first-order valence-corrected chi connectivity index (χ1v) is 10.8. The smallest absolute Gasteiger partial charge is 0.191 e. The van der Waals surface area contributed by atoms with E-state index in [0.717, 1.165) is 54.8 Å². The number of aliphatic hydroxyl groups excluding tert-OH is 1. The van der Waals surface area contributed by atoms with Crippen molar-refractivity contribution in [2.75, 3.05) is 45.3 Å². The van der Waals surface area contributed by atoms with Crippen LogP contribution in [0.5, 0.6) is 11.5 Å². The van der Waals surface area contributed by atoms with Crippen LogP contribution in [0.4, 0.5) is 5.69 Å². The molecule has 0 radical (unpaired) electrons. The van der Waals surface area contributed by atoms with Crippen LogP contribution in [0.15, 0.2) is 47.5 Å². The molecule has 31 heavy (non-hydrogen) atoms. The van der Waals surface area contributed by atoms with Crippen LogP contribution < -0.4 is 25.0 Å². The van der Waals surface area contributed by atoms with E-state index in [0.29, 0.717) is 6.54 Å². The van der Waals surface area contributed by atoms with Crippen LogP contribution in [0, 0.1) is 6.92 Å². The minimum atomic E-state index is -0.625. The number of benzene rings is 2. The third kappa shape index (κ3) is 6.28. The summed E-state index contributed by atoms with van der Waals surface area (Å²) in [4.78, 5) is 6.93. The quantitative estimate of drug-likeness (QED) is 0.445. The standard InChI is InChI=1S/C24H34N4O3/c1-5-25-24(26-15-23(29)18-8-6-17(2)7-9-18)27-19-10-11-28(16-19)20-12-21(30-3)14-22(13-20)31-4/h6-9,12-14,19,23,29H,5,10-11,15-16H2,1-4H3,(H2,25,26,27). The minimum absolute atomic E-state index is 0.256. The van der Waals surface area contributed by atoms with Crippen LogP contribution in [0.2, 0.25) is 0 Å². The van der Waals surface area contributed by atoms with Crippen molar-refractivity contribution in [1.29, 1.82) is 0 Å². The molecule has 0 aliphatic carbocycles. The summed E-state index contributed by atoms with van der Waals surface area (Å²) < 4.78 is 10.8. The van der Waals surface area contributed by atoms with E-state index >= 15 is 0 Å². The molecule has 0 aromatic heterocycles. The Morgan fingerprint density at radius 2 is 1.84 bits per heavy atom. The number of aliphatic hydroxyl groups is 1. The lowest BCUT2D eigenvalue weighted by Gasteiger charge is -2.21. The summed E-state index contributed by atoms with van der Waals surface area (Å²) in [5, 5.41) is 17.3. The molecule has 0 saturated carbocycles. The summed E-state index contributed by atoms with van der Waals surface area (Å²) in [5.41, 5.74) is 3.13. The SMILES string of the molecule is CCNC(=NCC(O)c1ccc(C)cc1)NC1CCN(c2cc(OC)cc(OC)c2)C1. The highest BCUT2D eigenvalue weighted by atomic mass is 16.5. The molecule has 1 aliphatic rings. The Labute approximate surface area is 185 Å². The van der Waals surface area contributed by atoms with Crippen molar-refractivity contribution < 1.29 is 14.6 Å². The van der Waals surface area contributed by atoms with Gasteiger partial charge in [-0.2, -0.15) is 0 Å². The normalized spacial score (nSPS) is 17.4. The third-order valence-corrected chi connectivity index (χ3v) is 5.46. The van der Waals surface area contributed by atoms with E-state index in [1.165, 1.54) is 5.56 Å². The summed E-state index contributed by atoms with van der Waals surface area (Å²) in [6.07, 6.45) is 0.366. The molecule has 2 unspecified atom stereocenters. The molecule has 2 atom stereocenters. The molecule has 0 amide bonds. The molecular weight excluding hydrogens is 392 g/mol. The Balaban J connectivity index is 1.62.